The first-order chi connectivity index (χ1) is 17.5. The number of anilines is 1. The topological polar surface area (TPSA) is 86.8 Å². The van der Waals surface area contributed by atoms with Crippen molar-refractivity contribution >= 4 is 39.1 Å². The second kappa shape index (κ2) is 12.3. The van der Waals surface area contributed by atoms with Gasteiger partial charge in [0.1, 0.15) is 12.6 Å². The van der Waals surface area contributed by atoms with Gasteiger partial charge in [-0.1, -0.05) is 59.1 Å². The Balaban J connectivity index is 2.01. The van der Waals surface area contributed by atoms with E-state index >= 15 is 0 Å². The molecule has 9 heteroatoms. The van der Waals surface area contributed by atoms with Gasteiger partial charge in [0, 0.05) is 18.1 Å². The molecule has 1 N–H and O–H groups in total. The normalized spacial score (nSPS) is 12.0. The standard InChI is InChI=1S/C28H32ClN3O4S/c1-5-30-28(34)22(4)31(18-23-10-6-20(2)7-11-23)27(33)19-32(25-14-12-24(29)13-15-25)37(35,36)26-16-8-21(3)9-17-26/h6-17,22H,5,18-19H2,1-4H3,(H,30,34)/t22-/m0/s1. The van der Waals surface area contributed by atoms with Crippen LogP contribution in [0.1, 0.15) is 30.5 Å². The molecule has 37 heavy (non-hydrogen) atoms. The Hall–Kier alpha value is -3.36. The van der Waals surface area contributed by atoms with Gasteiger partial charge in [-0.2, -0.15) is 0 Å². The number of benzene rings is 3. The molecule has 3 aromatic carbocycles. The van der Waals surface area contributed by atoms with E-state index in [-0.39, 0.29) is 17.3 Å². The molecule has 7 nitrogen and oxygen atoms in total. The largest absolute Gasteiger partial charge is 0.355 e. The molecule has 0 radical (unpaired) electrons. The third kappa shape index (κ3) is 7.11. The highest BCUT2D eigenvalue weighted by Crippen LogP contribution is 2.26. The van der Waals surface area contributed by atoms with Crippen LogP contribution in [0.2, 0.25) is 5.02 Å². The molecule has 0 aliphatic rings. The first-order valence-corrected chi connectivity index (χ1v) is 13.8. The lowest BCUT2D eigenvalue weighted by atomic mass is 10.1. The summed E-state index contributed by atoms with van der Waals surface area (Å²) < 4.78 is 28.5. The van der Waals surface area contributed by atoms with Crippen LogP contribution in [-0.4, -0.2) is 44.3 Å². The molecule has 196 valence electrons. The molecule has 0 saturated carbocycles. The van der Waals surface area contributed by atoms with Crippen LogP contribution in [0.25, 0.3) is 0 Å². The molecule has 0 aliphatic heterocycles. The lowest BCUT2D eigenvalue weighted by molar-refractivity contribution is -0.139. The molecule has 3 aromatic rings. The van der Waals surface area contributed by atoms with Crippen LogP contribution >= 0.6 is 11.6 Å². The monoisotopic (exact) mass is 541 g/mol. The Kier molecular flexibility index (Phi) is 9.34. The first kappa shape index (κ1) is 28.2. The fraction of sp³-hybridized carbons (Fsp3) is 0.286. The van der Waals surface area contributed by atoms with Crippen LogP contribution in [0.15, 0.2) is 77.7 Å². The molecule has 0 bridgehead atoms. The number of aryl methyl sites for hydroxylation is 2. The number of nitrogens with one attached hydrogen (secondary N) is 1. The van der Waals surface area contributed by atoms with Crippen LogP contribution in [-0.2, 0) is 26.2 Å². The van der Waals surface area contributed by atoms with Crippen LogP contribution in [0.4, 0.5) is 5.69 Å². The maximum absolute atomic E-state index is 13.8. The van der Waals surface area contributed by atoms with E-state index in [2.05, 4.69) is 5.32 Å². The molecular weight excluding hydrogens is 510 g/mol. The second-order valence-corrected chi connectivity index (χ2v) is 11.2. The van der Waals surface area contributed by atoms with Crippen molar-refractivity contribution in [3.63, 3.8) is 0 Å². The average Bonchev–Trinajstić information content (AvgIpc) is 2.87. The van der Waals surface area contributed by atoms with E-state index in [9.17, 15) is 18.0 Å². The Morgan fingerprint density at radius 3 is 1.97 bits per heavy atom. The molecule has 0 unspecified atom stereocenters. The van der Waals surface area contributed by atoms with E-state index in [0.717, 1.165) is 21.0 Å². The van der Waals surface area contributed by atoms with Crippen molar-refractivity contribution in [1.82, 2.24) is 10.2 Å². The fourth-order valence-corrected chi connectivity index (χ4v) is 5.31. The summed E-state index contributed by atoms with van der Waals surface area (Å²) in [7, 11) is -4.10. The number of amides is 2. The van der Waals surface area contributed by atoms with Crippen molar-refractivity contribution in [3.8, 4) is 0 Å². The summed E-state index contributed by atoms with van der Waals surface area (Å²) in [5.74, 6) is -0.827. The number of nitrogens with zero attached hydrogens (tertiary/aromatic N) is 2. The van der Waals surface area contributed by atoms with Crippen molar-refractivity contribution in [2.24, 2.45) is 0 Å². The van der Waals surface area contributed by atoms with Gasteiger partial charge < -0.3 is 10.2 Å². The fourth-order valence-electron chi connectivity index (χ4n) is 3.77. The number of likely N-dealkylation sites (N-methyl/N-ethyl adjacent to an activating group) is 1. The van der Waals surface area contributed by atoms with E-state index < -0.39 is 28.5 Å². The Morgan fingerprint density at radius 2 is 1.43 bits per heavy atom. The van der Waals surface area contributed by atoms with Gasteiger partial charge >= 0.3 is 0 Å². The van der Waals surface area contributed by atoms with Crippen LogP contribution in [0.3, 0.4) is 0 Å². The predicted octanol–water partition coefficient (Wildman–Crippen LogP) is 4.71. The molecule has 0 fully saturated rings. The van der Waals surface area contributed by atoms with Gasteiger partial charge in [-0.05, 0) is 69.7 Å². The quantitative estimate of drug-likeness (QED) is 0.403. The molecule has 0 aliphatic carbocycles. The molecule has 0 saturated heterocycles. The van der Waals surface area contributed by atoms with E-state index in [1.54, 1.807) is 50.2 Å². The van der Waals surface area contributed by atoms with Crippen LogP contribution < -0.4 is 9.62 Å². The van der Waals surface area contributed by atoms with Gasteiger partial charge in [0.25, 0.3) is 10.0 Å². The molecule has 0 aromatic heterocycles. The van der Waals surface area contributed by atoms with E-state index in [0.29, 0.717) is 17.3 Å². The average molecular weight is 542 g/mol. The smallest absolute Gasteiger partial charge is 0.264 e. The van der Waals surface area contributed by atoms with Crippen molar-refractivity contribution in [2.45, 2.75) is 45.2 Å². The summed E-state index contributed by atoms with van der Waals surface area (Å²) >= 11 is 6.04. The highest BCUT2D eigenvalue weighted by atomic mass is 35.5. The zero-order valence-electron chi connectivity index (χ0n) is 21.4. The zero-order chi connectivity index (χ0) is 27.2. The van der Waals surface area contributed by atoms with Gasteiger partial charge in [0.05, 0.1) is 10.6 Å². The number of hydrogen-bond acceptors (Lipinski definition) is 4. The third-order valence-corrected chi connectivity index (χ3v) is 8.03. The highest BCUT2D eigenvalue weighted by molar-refractivity contribution is 7.92. The Bertz CT molecular complexity index is 1330. The summed E-state index contributed by atoms with van der Waals surface area (Å²) in [6.07, 6.45) is 0. The SMILES string of the molecule is CCNC(=O)[C@H](C)N(Cc1ccc(C)cc1)C(=O)CN(c1ccc(Cl)cc1)S(=O)(=O)c1ccc(C)cc1. The van der Waals surface area contributed by atoms with Gasteiger partial charge in [0.2, 0.25) is 11.8 Å². The summed E-state index contributed by atoms with van der Waals surface area (Å²) in [5.41, 5.74) is 3.10. The summed E-state index contributed by atoms with van der Waals surface area (Å²) in [5, 5.41) is 3.19. The van der Waals surface area contributed by atoms with Crippen molar-refractivity contribution in [2.75, 3.05) is 17.4 Å². The van der Waals surface area contributed by atoms with E-state index in [1.165, 1.54) is 17.0 Å². The molecule has 0 heterocycles. The maximum Gasteiger partial charge on any atom is 0.264 e. The molecule has 2 amide bonds. The zero-order valence-corrected chi connectivity index (χ0v) is 23.0. The van der Waals surface area contributed by atoms with Gasteiger partial charge in [-0.3, -0.25) is 13.9 Å². The predicted molar refractivity (Wildman–Crippen MR) is 147 cm³/mol. The number of halogens is 1. The first-order valence-electron chi connectivity index (χ1n) is 12.0. The highest BCUT2D eigenvalue weighted by Gasteiger charge is 2.32. The summed E-state index contributed by atoms with van der Waals surface area (Å²) in [6, 6.07) is 19.5. The van der Waals surface area contributed by atoms with E-state index in [1.807, 2.05) is 38.1 Å². The van der Waals surface area contributed by atoms with Crippen molar-refractivity contribution < 1.29 is 18.0 Å². The Labute approximate surface area is 224 Å². The van der Waals surface area contributed by atoms with Crippen molar-refractivity contribution in [3.05, 3.63) is 94.5 Å². The number of sulfonamides is 1. The van der Waals surface area contributed by atoms with E-state index in [4.69, 9.17) is 11.6 Å². The summed E-state index contributed by atoms with van der Waals surface area (Å²) in [6.45, 7) is 7.33. The van der Waals surface area contributed by atoms with Crippen molar-refractivity contribution in [1.29, 1.82) is 0 Å². The van der Waals surface area contributed by atoms with Gasteiger partial charge in [-0.25, -0.2) is 8.42 Å². The minimum absolute atomic E-state index is 0.0581. The number of hydrogen-bond donors (Lipinski definition) is 1. The Morgan fingerprint density at radius 1 is 0.892 bits per heavy atom. The number of rotatable bonds is 10. The molecule has 0 spiro atoms. The molecule has 3 rings (SSSR count). The number of carbonyl (C=O) groups excluding carboxylic acids is 2. The van der Waals surface area contributed by atoms with Crippen LogP contribution in [0.5, 0.6) is 0 Å². The molecule has 1 atom stereocenters. The lowest BCUT2D eigenvalue weighted by Gasteiger charge is -2.32. The number of carbonyl (C=O) groups is 2. The molecular formula is C28H32ClN3O4S. The maximum atomic E-state index is 13.8. The van der Waals surface area contributed by atoms with Gasteiger partial charge in [0.15, 0.2) is 0 Å². The summed E-state index contributed by atoms with van der Waals surface area (Å²) in [4.78, 5) is 28.0. The minimum Gasteiger partial charge on any atom is -0.355 e. The third-order valence-electron chi connectivity index (χ3n) is 5.99. The van der Waals surface area contributed by atoms with Gasteiger partial charge in [-0.15, -0.1) is 0 Å². The van der Waals surface area contributed by atoms with Crippen LogP contribution in [0, 0.1) is 13.8 Å². The second-order valence-electron chi connectivity index (χ2n) is 8.88. The lowest BCUT2D eigenvalue weighted by Crippen LogP contribution is -2.51. The minimum atomic E-state index is -4.10.